The van der Waals surface area contributed by atoms with Gasteiger partial charge in [0.2, 0.25) is 0 Å². The van der Waals surface area contributed by atoms with Crippen molar-refractivity contribution >= 4 is 97.8 Å². The number of rotatable bonds is 28. The highest BCUT2D eigenvalue weighted by Crippen LogP contribution is 2.40. The number of ether oxygens (including phenoxy) is 6. The van der Waals surface area contributed by atoms with Gasteiger partial charge < -0.3 is 79.4 Å². The van der Waals surface area contributed by atoms with Crippen molar-refractivity contribution < 1.29 is 66.5 Å². The molecule has 0 unspecified atom stereocenters. The van der Waals surface area contributed by atoms with Crippen molar-refractivity contribution in [2.45, 2.75) is 248 Å². The van der Waals surface area contributed by atoms with Crippen LogP contribution in [0.15, 0.2) is 138 Å². The molecule has 0 atom stereocenters. The Hall–Kier alpha value is -11.6. The Morgan fingerprint density at radius 3 is 1.27 bits per heavy atom. The van der Waals surface area contributed by atoms with Crippen molar-refractivity contribution in [1.29, 1.82) is 0 Å². The Morgan fingerprint density at radius 1 is 0.470 bits per heavy atom. The first-order valence-electron chi connectivity index (χ1n) is 47.2. The maximum absolute atomic E-state index is 13.6. The van der Waals surface area contributed by atoms with Gasteiger partial charge in [-0.25, -0.2) is 38.9 Å². The SMILES string of the molecule is CC(C)(C)OC(=O)N1CCC(Cc2cccc(B3OC(C)(C)C(C)(C)O3)c2)CC1.CCc1nc2c(cnn2CC)c(NC2CCOCC2)c1CNC(=O)c1cccc(C(=O)NCc2ccc(OC)c(-c3cccc(CC4CCN(C(=O)OC(C)(C)C)CC4)c3)c2)n1.CCc1nc2c(cnn2CC)c(NC2CCOCC2)c1CNC(=O)c1cccc(C(=O)NCc2ccc(OC)c(Br)c2)n1. The number of aryl methyl sites for hydroxylation is 4. The van der Waals surface area contributed by atoms with Gasteiger partial charge in [-0.15, -0.1) is 0 Å². The quantitative estimate of drug-likeness (QED) is 0.0248. The highest BCUT2D eigenvalue weighted by molar-refractivity contribution is 9.10. The van der Waals surface area contributed by atoms with Crippen LogP contribution >= 0.6 is 15.9 Å². The number of carbonyl (C=O) groups excluding carboxylic acids is 6. The summed E-state index contributed by atoms with van der Waals surface area (Å²) < 4.78 is 50.2. The van der Waals surface area contributed by atoms with E-state index in [4.69, 9.17) is 47.7 Å². The van der Waals surface area contributed by atoms with E-state index in [1.165, 1.54) is 11.1 Å². The maximum Gasteiger partial charge on any atom is 0.494 e. The minimum atomic E-state index is -0.508. The first-order valence-corrected chi connectivity index (χ1v) is 48.0. The maximum atomic E-state index is 13.6. The van der Waals surface area contributed by atoms with Crippen LogP contribution in [-0.4, -0.2) is 194 Å². The number of aromatic nitrogens is 8. The molecule has 0 aliphatic carbocycles. The molecule has 0 saturated carbocycles. The summed E-state index contributed by atoms with van der Waals surface area (Å²) in [5.41, 5.74) is 13.4. The number of piperidine rings is 2. The first-order chi connectivity index (χ1) is 64.2. The van der Waals surface area contributed by atoms with Gasteiger partial charge in [0.25, 0.3) is 23.6 Å². The lowest BCUT2D eigenvalue weighted by molar-refractivity contribution is 0.00578. The normalized spacial score (nSPS) is 16.1. The largest absolute Gasteiger partial charge is 0.496 e. The topological polar surface area (TPSA) is 342 Å². The van der Waals surface area contributed by atoms with Crippen molar-refractivity contribution in [3.8, 4) is 22.6 Å². The van der Waals surface area contributed by atoms with Crippen LogP contribution in [0.2, 0.25) is 0 Å². The van der Waals surface area contributed by atoms with Crippen molar-refractivity contribution in [2.24, 2.45) is 11.8 Å². The Labute approximate surface area is 795 Å². The van der Waals surface area contributed by atoms with Crippen molar-refractivity contribution in [3.63, 3.8) is 0 Å². The van der Waals surface area contributed by atoms with E-state index in [0.29, 0.717) is 89.6 Å². The zero-order chi connectivity index (χ0) is 95.6. The van der Waals surface area contributed by atoms with Gasteiger partial charge in [-0.1, -0.05) is 86.6 Å². The molecule has 0 bridgehead atoms. The lowest BCUT2D eigenvalue weighted by Gasteiger charge is -2.33. The van der Waals surface area contributed by atoms with E-state index >= 15 is 0 Å². The summed E-state index contributed by atoms with van der Waals surface area (Å²) in [4.78, 5) is 100. The Kier molecular flexibility index (Phi) is 33.7. The molecule has 714 valence electrons. The van der Waals surface area contributed by atoms with E-state index in [2.05, 4.69) is 158 Å². The second kappa shape index (κ2) is 45.2. The number of nitrogens with zero attached hydrogens (tertiary/aromatic N) is 10. The molecule has 6 N–H and O–H groups in total. The minimum absolute atomic E-state index is 0.141. The fourth-order valence-electron chi connectivity index (χ4n) is 17.2. The van der Waals surface area contributed by atoms with Crippen molar-refractivity contribution in [3.05, 3.63) is 206 Å². The third-order valence-corrected chi connectivity index (χ3v) is 25.9. The van der Waals surface area contributed by atoms with Gasteiger partial charge in [-0.3, -0.25) is 19.2 Å². The van der Waals surface area contributed by atoms with E-state index in [-0.39, 0.29) is 96.8 Å². The molecule has 5 aliphatic heterocycles. The summed E-state index contributed by atoms with van der Waals surface area (Å²) in [6.07, 6.45) is 13.9. The Morgan fingerprint density at radius 2 is 0.866 bits per heavy atom. The predicted molar refractivity (Wildman–Crippen MR) is 523 cm³/mol. The summed E-state index contributed by atoms with van der Waals surface area (Å²) >= 11 is 3.46. The van der Waals surface area contributed by atoms with Gasteiger partial charge >= 0.3 is 19.3 Å². The molecule has 0 spiro atoms. The van der Waals surface area contributed by atoms with E-state index in [9.17, 15) is 28.8 Å². The number of pyridine rings is 4. The van der Waals surface area contributed by atoms with Crippen LogP contribution in [0.1, 0.15) is 235 Å². The number of hydrogen-bond acceptors (Lipinski definition) is 22. The van der Waals surface area contributed by atoms with Crippen LogP contribution in [-0.2, 0) is 93.2 Å². The summed E-state index contributed by atoms with van der Waals surface area (Å²) in [6.45, 7) is 36.0. The average molecular weight is 1900 g/mol. The van der Waals surface area contributed by atoms with Crippen LogP contribution in [0, 0.1) is 11.8 Å². The zero-order valence-corrected chi connectivity index (χ0v) is 82.1. The molecule has 5 saturated heterocycles. The first kappa shape index (κ1) is 99.9. The van der Waals surface area contributed by atoms with Gasteiger partial charge in [0.05, 0.1) is 64.4 Å². The average Bonchev–Trinajstić information content (AvgIpc) is 1.62. The smallest absolute Gasteiger partial charge is 0.494 e. The number of halogens is 1. The van der Waals surface area contributed by atoms with Crippen molar-refractivity contribution in [1.82, 2.24) is 70.6 Å². The second-order valence-corrected chi connectivity index (χ2v) is 38.7. The van der Waals surface area contributed by atoms with Gasteiger partial charge in [0.1, 0.15) is 45.5 Å². The highest BCUT2D eigenvalue weighted by atomic mass is 79.9. The van der Waals surface area contributed by atoms with Crippen LogP contribution < -0.4 is 46.8 Å². The molecule has 30 nitrogen and oxygen atoms in total. The van der Waals surface area contributed by atoms with Crippen LogP contribution in [0.3, 0.4) is 0 Å². The Balaban J connectivity index is 0.000000183. The molecular weight excluding hydrogens is 1760 g/mol. The van der Waals surface area contributed by atoms with Gasteiger partial charge in [0, 0.05) is 132 Å². The number of hydrogen-bond donors (Lipinski definition) is 6. The zero-order valence-electron chi connectivity index (χ0n) is 80.5. The van der Waals surface area contributed by atoms with Crippen molar-refractivity contribution in [2.75, 3.05) is 77.5 Å². The number of fused-ring (bicyclic) bond motifs is 2. The molecule has 5 fully saturated rings. The molecule has 134 heavy (non-hydrogen) atoms. The molecule has 6 amide bonds. The second-order valence-electron chi connectivity index (χ2n) is 37.8. The lowest BCUT2D eigenvalue weighted by atomic mass is 9.77. The van der Waals surface area contributed by atoms with Gasteiger partial charge in [0.15, 0.2) is 11.3 Å². The van der Waals surface area contributed by atoms with Crippen LogP contribution in [0.5, 0.6) is 11.5 Å². The van der Waals surface area contributed by atoms with Gasteiger partial charge in [-0.2, -0.15) is 10.2 Å². The molecule has 4 aromatic carbocycles. The highest BCUT2D eigenvalue weighted by Gasteiger charge is 2.52. The number of amides is 6. The van der Waals surface area contributed by atoms with E-state index < -0.39 is 23.0 Å². The summed E-state index contributed by atoms with van der Waals surface area (Å²) in [5, 5.41) is 30.4. The number of benzene rings is 4. The minimum Gasteiger partial charge on any atom is -0.496 e. The Bertz CT molecular complexity index is 5750. The molecule has 5 aliphatic rings. The molecular formula is C102H132BBrN16O14. The molecule has 32 heteroatoms. The molecule has 0 radical (unpaired) electrons. The van der Waals surface area contributed by atoms with Crippen LogP contribution in [0.25, 0.3) is 33.2 Å². The standard InChI is InChI=1S/C48H60N8O6.C31H36BrN7O4.C23H36BNO4/c1-7-39-37(43(52-35-19-23-61-24-20-35)38-30-51-56(8-2)44(38)54-39)29-50-46(58)41-14-10-13-40(53-41)45(57)49-28-33-15-16-42(60-6)36(27-33)34-12-9-11-32(26-34)25-31-17-21-55(22-18-31)47(59)62-48(3,4)5;1-4-24-21(28(36-20-11-13-43-14-12-20)22-18-35-39(5-2)29(22)38-24)17-34-31(41)26-8-6-7-25(37-26)30(40)33-16-19-9-10-27(42-3)23(32)15-19;1-21(2,3)27-20(26)25-13-11-17(12-14-25)15-18-9-8-10-19(16-18)24-28-22(4,5)23(6,7)29-24/h9-16,26-27,30-31,35H,7-8,17-25,28-29H2,1-6H3,(H,49,57)(H,50,58)(H,52,54);6-10,15,18,20H,4-5,11-14,16-17H2,1-3H3,(H,33,40)(H,34,41)(H,36,38);8-10,16-17H,11-15H2,1-7H3. The fraction of sp³-hybridized carbons (Fsp3) is 0.490. The van der Waals surface area contributed by atoms with E-state index in [1.807, 2.05) is 123 Å². The molecule has 15 rings (SSSR count). The molecule has 10 aromatic rings. The third-order valence-electron chi connectivity index (χ3n) is 25.3. The number of methoxy groups -OCH3 is 2. The summed E-state index contributed by atoms with van der Waals surface area (Å²) in [5.74, 6) is 0.931. The fourth-order valence-corrected chi connectivity index (χ4v) is 17.8. The lowest BCUT2D eigenvalue weighted by Crippen LogP contribution is -2.42. The monoisotopic (exact) mass is 1890 g/mol. The van der Waals surface area contributed by atoms with Gasteiger partial charge in [-0.05, 0) is 270 Å². The summed E-state index contributed by atoms with van der Waals surface area (Å²) in [6, 6.07) is 38.7. The number of carbonyl (C=O) groups is 6. The number of anilines is 2. The van der Waals surface area contributed by atoms with Crippen LogP contribution in [0.4, 0.5) is 21.0 Å². The third kappa shape index (κ3) is 25.9. The number of likely N-dealkylation sites (tertiary alicyclic amines) is 2. The molecule has 11 heterocycles. The predicted octanol–water partition coefficient (Wildman–Crippen LogP) is 16.5. The van der Waals surface area contributed by atoms with E-state index in [0.717, 1.165) is 171 Å². The molecule has 6 aromatic heterocycles. The summed E-state index contributed by atoms with van der Waals surface area (Å²) in [7, 11) is 2.93. The number of nitrogens with one attached hydrogen (secondary N) is 6. The van der Waals surface area contributed by atoms with E-state index in [1.54, 1.807) is 50.6 Å².